The van der Waals surface area contributed by atoms with Crippen molar-refractivity contribution in [2.75, 3.05) is 6.54 Å². The van der Waals surface area contributed by atoms with Crippen LogP contribution >= 0.6 is 0 Å². The van der Waals surface area contributed by atoms with Crippen molar-refractivity contribution in [3.05, 3.63) is 11.9 Å². The minimum absolute atomic E-state index is 0.161. The van der Waals surface area contributed by atoms with Crippen molar-refractivity contribution >= 4 is 12.0 Å². The van der Waals surface area contributed by atoms with Gasteiger partial charge in [0.15, 0.2) is 0 Å². The highest BCUT2D eigenvalue weighted by Gasteiger charge is 2.19. The Kier molecular flexibility index (Phi) is 5.83. The van der Waals surface area contributed by atoms with Crippen molar-refractivity contribution < 1.29 is 14.7 Å². The number of aliphatic carboxylic acids is 1. The predicted octanol–water partition coefficient (Wildman–Crippen LogP) is 0.716. The Labute approximate surface area is 123 Å². The maximum atomic E-state index is 11.8. The molecule has 1 aromatic rings. The lowest BCUT2D eigenvalue weighted by molar-refractivity contribution is -0.138. The molecule has 0 fully saturated rings. The molecule has 0 bridgehead atoms. The quantitative estimate of drug-likeness (QED) is 0.665. The number of hydrogen-bond donors (Lipinski definition) is 3. The summed E-state index contributed by atoms with van der Waals surface area (Å²) < 4.78 is 1.17. The van der Waals surface area contributed by atoms with Crippen molar-refractivity contribution in [3.8, 4) is 0 Å². The molecule has 0 radical (unpaired) electrons. The summed E-state index contributed by atoms with van der Waals surface area (Å²) in [6.45, 7) is 6.41. The third-order valence-corrected chi connectivity index (χ3v) is 3.01. The van der Waals surface area contributed by atoms with Crippen molar-refractivity contribution in [2.45, 2.75) is 51.5 Å². The van der Waals surface area contributed by atoms with Gasteiger partial charge in [-0.3, -0.25) is 4.79 Å². The summed E-state index contributed by atoms with van der Waals surface area (Å²) in [4.78, 5) is 22.3. The van der Waals surface area contributed by atoms with Crippen LogP contribution in [0, 0.1) is 0 Å². The van der Waals surface area contributed by atoms with E-state index < -0.39 is 12.0 Å². The molecule has 0 unspecified atom stereocenters. The second kappa shape index (κ2) is 7.16. The van der Waals surface area contributed by atoms with E-state index in [0.717, 1.165) is 5.69 Å². The Morgan fingerprint density at radius 3 is 2.62 bits per heavy atom. The average molecular weight is 297 g/mol. The third kappa shape index (κ3) is 5.50. The van der Waals surface area contributed by atoms with E-state index in [0.29, 0.717) is 25.8 Å². The zero-order valence-corrected chi connectivity index (χ0v) is 12.7. The van der Waals surface area contributed by atoms with Crippen LogP contribution in [0.15, 0.2) is 6.20 Å². The minimum atomic E-state index is -1.00. The van der Waals surface area contributed by atoms with E-state index >= 15 is 0 Å². The van der Waals surface area contributed by atoms with E-state index in [2.05, 4.69) is 15.6 Å². The highest BCUT2D eigenvalue weighted by atomic mass is 16.4. The number of unbranched alkanes of at least 4 members (excludes halogenated alkanes) is 1. The molecule has 21 heavy (non-hydrogen) atoms. The van der Waals surface area contributed by atoms with Crippen LogP contribution in [0.2, 0.25) is 0 Å². The standard InChI is InChI=1S/C13H23N5O3/c1-13(2,3)10-8-18(17-16-10)12(21)15-7-5-4-6-9(14)11(19)20/h8-9H,4-7,14H2,1-3H3,(H,15,21)(H,19,20)/t9-/m0/s1. The maximum absolute atomic E-state index is 11.8. The summed E-state index contributed by atoms with van der Waals surface area (Å²) in [7, 11) is 0. The number of amides is 1. The van der Waals surface area contributed by atoms with Gasteiger partial charge >= 0.3 is 12.0 Å². The summed E-state index contributed by atoms with van der Waals surface area (Å²) in [6, 6.07) is -1.19. The zero-order valence-electron chi connectivity index (χ0n) is 12.7. The lowest BCUT2D eigenvalue weighted by Gasteiger charge is -2.12. The molecule has 8 nitrogen and oxygen atoms in total. The molecule has 0 saturated heterocycles. The molecule has 0 aliphatic rings. The molecular weight excluding hydrogens is 274 g/mol. The van der Waals surface area contributed by atoms with Crippen LogP contribution in [0.25, 0.3) is 0 Å². The molecule has 8 heteroatoms. The number of hydrogen-bond acceptors (Lipinski definition) is 5. The van der Waals surface area contributed by atoms with Gasteiger partial charge in [-0.05, 0) is 19.3 Å². The van der Waals surface area contributed by atoms with E-state index in [4.69, 9.17) is 10.8 Å². The number of nitrogens with zero attached hydrogens (tertiary/aromatic N) is 3. The smallest absolute Gasteiger partial charge is 0.343 e. The molecule has 0 spiro atoms. The number of carbonyl (C=O) groups excluding carboxylic acids is 1. The van der Waals surface area contributed by atoms with E-state index in [1.807, 2.05) is 20.8 Å². The molecule has 1 amide bonds. The molecule has 1 aromatic heterocycles. The van der Waals surface area contributed by atoms with E-state index in [1.54, 1.807) is 6.20 Å². The maximum Gasteiger partial charge on any atom is 0.343 e. The van der Waals surface area contributed by atoms with Gasteiger partial charge in [-0.25, -0.2) is 4.79 Å². The fourth-order valence-corrected chi connectivity index (χ4v) is 1.60. The number of carboxylic acid groups (broad SMARTS) is 1. The Bertz CT molecular complexity index is 492. The predicted molar refractivity (Wildman–Crippen MR) is 77.0 cm³/mol. The lowest BCUT2D eigenvalue weighted by atomic mass is 9.93. The van der Waals surface area contributed by atoms with E-state index in [1.165, 1.54) is 4.68 Å². The lowest BCUT2D eigenvalue weighted by Crippen LogP contribution is -2.31. The van der Waals surface area contributed by atoms with Gasteiger partial charge in [-0.15, -0.1) is 5.10 Å². The monoisotopic (exact) mass is 297 g/mol. The van der Waals surface area contributed by atoms with Crippen LogP contribution in [0.5, 0.6) is 0 Å². The van der Waals surface area contributed by atoms with Crippen LogP contribution in [0.3, 0.4) is 0 Å². The van der Waals surface area contributed by atoms with Gasteiger partial charge in [0.2, 0.25) is 0 Å². The van der Waals surface area contributed by atoms with Gasteiger partial charge < -0.3 is 16.2 Å². The Hall–Kier alpha value is -1.96. The van der Waals surface area contributed by atoms with Crippen LogP contribution in [-0.4, -0.2) is 44.7 Å². The molecule has 0 aliphatic carbocycles. The topological polar surface area (TPSA) is 123 Å². The Morgan fingerprint density at radius 1 is 1.43 bits per heavy atom. The van der Waals surface area contributed by atoms with Crippen molar-refractivity contribution in [1.82, 2.24) is 20.3 Å². The Morgan fingerprint density at radius 2 is 2.10 bits per heavy atom. The SMILES string of the molecule is CC(C)(C)c1cn(C(=O)NCCCC[C@H](N)C(=O)O)nn1. The number of carbonyl (C=O) groups is 2. The van der Waals surface area contributed by atoms with E-state index in [-0.39, 0.29) is 11.4 Å². The molecule has 4 N–H and O–H groups in total. The minimum Gasteiger partial charge on any atom is -0.480 e. The van der Waals surface area contributed by atoms with Gasteiger partial charge in [0.25, 0.3) is 0 Å². The highest BCUT2D eigenvalue weighted by Crippen LogP contribution is 2.18. The normalized spacial score (nSPS) is 13.0. The van der Waals surface area contributed by atoms with Gasteiger partial charge in [-0.1, -0.05) is 26.0 Å². The first-order valence-corrected chi connectivity index (χ1v) is 6.91. The zero-order chi connectivity index (χ0) is 16.0. The van der Waals surface area contributed by atoms with Gasteiger partial charge in [0, 0.05) is 12.0 Å². The third-order valence-electron chi connectivity index (χ3n) is 3.01. The van der Waals surface area contributed by atoms with Gasteiger partial charge in [0.05, 0.1) is 11.9 Å². The summed E-state index contributed by atoms with van der Waals surface area (Å²) >= 11 is 0. The molecule has 118 valence electrons. The average Bonchev–Trinajstić information content (AvgIpc) is 2.87. The summed E-state index contributed by atoms with van der Waals surface area (Å²) in [5, 5.41) is 19.1. The van der Waals surface area contributed by atoms with E-state index in [9.17, 15) is 9.59 Å². The number of aromatic nitrogens is 3. The fourth-order valence-electron chi connectivity index (χ4n) is 1.60. The fraction of sp³-hybridized carbons (Fsp3) is 0.692. The summed E-state index contributed by atoms with van der Waals surface area (Å²) in [5.74, 6) is -1.00. The van der Waals surface area contributed by atoms with Crippen LogP contribution < -0.4 is 11.1 Å². The molecule has 1 atom stereocenters. The molecular formula is C13H23N5O3. The van der Waals surface area contributed by atoms with Gasteiger partial charge in [-0.2, -0.15) is 4.68 Å². The van der Waals surface area contributed by atoms with Gasteiger partial charge in [0.1, 0.15) is 6.04 Å². The largest absolute Gasteiger partial charge is 0.480 e. The van der Waals surface area contributed by atoms with Crippen LogP contribution in [0.1, 0.15) is 45.7 Å². The Balaban J connectivity index is 2.31. The van der Waals surface area contributed by atoms with Crippen molar-refractivity contribution in [3.63, 3.8) is 0 Å². The summed E-state index contributed by atoms with van der Waals surface area (Å²) in [5.41, 5.74) is 5.96. The first-order valence-electron chi connectivity index (χ1n) is 6.91. The second-order valence-corrected chi connectivity index (χ2v) is 5.97. The number of nitrogens with one attached hydrogen (secondary N) is 1. The number of rotatable bonds is 6. The van der Waals surface area contributed by atoms with Crippen LogP contribution in [0.4, 0.5) is 4.79 Å². The molecule has 0 aromatic carbocycles. The number of nitrogens with two attached hydrogens (primary N) is 1. The second-order valence-electron chi connectivity index (χ2n) is 5.97. The molecule has 1 rings (SSSR count). The van der Waals surface area contributed by atoms with Crippen molar-refractivity contribution in [1.29, 1.82) is 0 Å². The van der Waals surface area contributed by atoms with Crippen LogP contribution in [-0.2, 0) is 10.2 Å². The first-order chi connectivity index (χ1) is 9.71. The number of carboxylic acids is 1. The van der Waals surface area contributed by atoms with Crippen molar-refractivity contribution in [2.24, 2.45) is 5.73 Å². The molecule has 1 heterocycles. The summed E-state index contributed by atoms with van der Waals surface area (Å²) in [6.07, 6.45) is 3.30. The molecule has 0 aliphatic heterocycles. The first kappa shape index (κ1) is 17.1. The molecule has 0 saturated carbocycles. The highest BCUT2D eigenvalue weighted by molar-refractivity contribution is 5.75.